The van der Waals surface area contributed by atoms with Crippen molar-refractivity contribution in [3.8, 4) is 11.4 Å². The average Bonchev–Trinajstić information content (AvgIpc) is 3.17. The Hall–Kier alpha value is -1.39. The molecule has 1 fully saturated rings. The zero-order chi connectivity index (χ0) is 20.9. The van der Waals surface area contributed by atoms with Gasteiger partial charge in [0.05, 0.1) is 12.6 Å². The Balaban J connectivity index is 0.00000320. The van der Waals surface area contributed by atoms with E-state index in [1.165, 1.54) is 0 Å². The Morgan fingerprint density at radius 3 is 2.80 bits per heavy atom. The molecule has 1 saturated heterocycles. The number of halogens is 2. The van der Waals surface area contributed by atoms with Crippen molar-refractivity contribution >= 4 is 41.5 Å². The van der Waals surface area contributed by atoms with E-state index in [0.29, 0.717) is 35.2 Å². The average molecular weight is 548 g/mol. The number of benzene rings is 1. The molecule has 2 aromatic rings. The molecule has 0 bridgehead atoms. The second-order valence-electron chi connectivity index (χ2n) is 8.39. The van der Waals surface area contributed by atoms with Gasteiger partial charge in [-0.15, -0.1) is 24.0 Å². The SMILES string of the molecule is CN=C(NCc1nc(-c2cccc(Cl)c2)no1)NCC1CCCOC1C(C)(C)C.I. The Labute approximate surface area is 200 Å². The Bertz CT molecular complexity index is 837. The number of ether oxygens (including phenoxy) is 1. The molecule has 7 nitrogen and oxygen atoms in total. The molecular formula is C21H31ClIN5O2. The Morgan fingerprint density at radius 2 is 2.10 bits per heavy atom. The molecule has 1 aromatic carbocycles. The fourth-order valence-electron chi connectivity index (χ4n) is 3.69. The highest BCUT2D eigenvalue weighted by Gasteiger charge is 2.35. The van der Waals surface area contributed by atoms with Crippen LogP contribution in [0.15, 0.2) is 33.8 Å². The van der Waals surface area contributed by atoms with Gasteiger partial charge in [0.15, 0.2) is 5.96 Å². The quantitative estimate of drug-likeness (QED) is 0.325. The number of guanidine groups is 1. The van der Waals surface area contributed by atoms with Crippen molar-refractivity contribution < 1.29 is 9.26 Å². The van der Waals surface area contributed by atoms with E-state index >= 15 is 0 Å². The summed E-state index contributed by atoms with van der Waals surface area (Å²) in [6.45, 7) is 8.73. The molecule has 0 spiro atoms. The molecule has 0 amide bonds. The predicted molar refractivity (Wildman–Crippen MR) is 130 cm³/mol. The van der Waals surface area contributed by atoms with Crippen LogP contribution in [0.5, 0.6) is 0 Å². The number of nitrogens with one attached hydrogen (secondary N) is 2. The van der Waals surface area contributed by atoms with Crippen molar-refractivity contribution in [2.75, 3.05) is 20.2 Å². The molecule has 30 heavy (non-hydrogen) atoms. The number of hydrogen-bond donors (Lipinski definition) is 2. The van der Waals surface area contributed by atoms with Crippen LogP contribution in [0.3, 0.4) is 0 Å². The summed E-state index contributed by atoms with van der Waals surface area (Å²) in [6, 6.07) is 7.37. The number of hydrogen-bond acceptors (Lipinski definition) is 5. The smallest absolute Gasteiger partial charge is 0.246 e. The first-order valence-corrected chi connectivity index (χ1v) is 10.4. The van der Waals surface area contributed by atoms with Crippen molar-refractivity contribution in [2.24, 2.45) is 16.3 Å². The molecule has 0 radical (unpaired) electrons. The lowest BCUT2D eigenvalue weighted by molar-refractivity contribution is -0.0835. The molecule has 3 rings (SSSR count). The van der Waals surface area contributed by atoms with Crippen molar-refractivity contribution in [2.45, 2.75) is 46.3 Å². The number of nitrogens with zero attached hydrogens (tertiary/aromatic N) is 3. The van der Waals surface area contributed by atoms with E-state index in [0.717, 1.165) is 31.6 Å². The van der Waals surface area contributed by atoms with Gasteiger partial charge in [0, 0.05) is 36.7 Å². The van der Waals surface area contributed by atoms with Crippen molar-refractivity contribution in [3.63, 3.8) is 0 Å². The van der Waals surface area contributed by atoms with E-state index in [1.54, 1.807) is 7.05 Å². The van der Waals surface area contributed by atoms with Gasteiger partial charge in [0.2, 0.25) is 11.7 Å². The molecular weight excluding hydrogens is 517 g/mol. The third-order valence-corrected chi connectivity index (χ3v) is 5.25. The first kappa shape index (κ1) is 24.9. The molecule has 2 atom stereocenters. The van der Waals surface area contributed by atoms with Crippen LogP contribution >= 0.6 is 35.6 Å². The van der Waals surface area contributed by atoms with E-state index in [2.05, 4.69) is 46.5 Å². The third-order valence-electron chi connectivity index (χ3n) is 5.01. The lowest BCUT2D eigenvalue weighted by Crippen LogP contribution is -2.47. The largest absolute Gasteiger partial charge is 0.377 e. The minimum Gasteiger partial charge on any atom is -0.377 e. The molecule has 1 aliphatic rings. The number of aromatic nitrogens is 2. The monoisotopic (exact) mass is 547 g/mol. The summed E-state index contributed by atoms with van der Waals surface area (Å²) in [7, 11) is 1.75. The normalized spacial score (nSPS) is 19.8. The van der Waals surface area contributed by atoms with E-state index in [4.69, 9.17) is 20.9 Å². The lowest BCUT2D eigenvalue weighted by Gasteiger charge is -2.40. The van der Waals surface area contributed by atoms with Crippen LogP contribution in [0.25, 0.3) is 11.4 Å². The highest BCUT2D eigenvalue weighted by Crippen LogP contribution is 2.33. The van der Waals surface area contributed by atoms with Gasteiger partial charge >= 0.3 is 0 Å². The summed E-state index contributed by atoms with van der Waals surface area (Å²) in [4.78, 5) is 8.72. The zero-order valence-corrected chi connectivity index (χ0v) is 21.0. The summed E-state index contributed by atoms with van der Waals surface area (Å²) in [6.07, 6.45) is 2.48. The van der Waals surface area contributed by atoms with Gasteiger partial charge in [0.1, 0.15) is 0 Å². The van der Waals surface area contributed by atoms with Gasteiger partial charge in [-0.05, 0) is 30.4 Å². The van der Waals surface area contributed by atoms with Gasteiger partial charge < -0.3 is 19.9 Å². The fraction of sp³-hybridized carbons (Fsp3) is 0.571. The molecule has 2 unspecified atom stereocenters. The van der Waals surface area contributed by atoms with Gasteiger partial charge in [-0.3, -0.25) is 4.99 Å². The summed E-state index contributed by atoms with van der Waals surface area (Å²) < 4.78 is 11.4. The van der Waals surface area contributed by atoms with Gasteiger partial charge in [-0.1, -0.05) is 49.7 Å². The van der Waals surface area contributed by atoms with E-state index in [9.17, 15) is 0 Å². The van der Waals surface area contributed by atoms with Crippen molar-refractivity contribution in [3.05, 3.63) is 35.2 Å². The van der Waals surface area contributed by atoms with Gasteiger partial charge in [0.25, 0.3) is 0 Å². The first-order chi connectivity index (χ1) is 13.9. The van der Waals surface area contributed by atoms with E-state index in [-0.39, 0.29) is 35.5 Å². The minimum absolute atomic E-state index is 0. The minimum atomic E-state index is 0. The Kier molecular flexibility index (Phi) is 9.36. The molecule has 2 N–H and O–H groups in total. The highest BCUT2D eigenvalue weighted by atomic mass is 127. The number of aliphatic imine (C=N–C) groups is 1. The molecule has 2 heterocycles. The predicted octanol–water partition coefficient (Wildman–Crippen LogP) is 4.51. The molecule has 0 aliphatic carbocycles. The van der Waals surface area contributed by atoms with Crippen LogP contribution in [0.4, 0.5) is 0 Å². The van der Waals surface area contributed by atoms with Crippen LogP contribution in [0.2, 0.25) is 5.02 Å². The molecule has 166 valence electrons. The maximum Gasteiger partial charge on any atom is 0.246 e. The third kappa shape index (κ3) is 6.81. The zero-order valence-electron chi connectivity index (χ0n) is 17.9. The topological polar surface area (TPSA) is 84.6 Å². The summed E-state index contributed by atoms with van der Waals surface area (Å²) in [5.74, 6) is 2.14. The lowest BCUT2D eigenvalue weighted by atomic mass is 9.78. The van der Waals surface area contributed by atoms with Crippen LogP contribution in [0.1, 0.15) is 39.5 Å². The fourth-order valence-corrected chi connectivity index (χ4v) is 3.88. The summed E-state index contributed by atoms with van der Waals surface area (Å²) in [5.41, 5.74) is 0.935. The summed E-state index contributed by atoms with van der Waals surface area (Å²) >= 11 is 6.03. The molecule has 9 heteroatoms. The van der Waals surface area contributed by atoms with E-state index in [1.807, 2.05) is 24.3 Å². The second-order valence-corrected chi connectivity index (χ2v) is 8.82. The standard InChI is InChI=1S/C21H30ClN5O2.HI/c1-21(2,3)18-15(8-6-10-28-18)12-24-20(23-4)25-13-17-26-19(27-29-17)14-7-5-9-16(22)11-14;/h5,7,9,11,15,18H,6,8,10,12-13H2,1-4H3,(H2,23,24,25);1H. The van der Waals surface area contributed by atoms with Crippen LogP contribution < -0.4 is 10.6 Å². The summed E-state index contributed by atoms with van der Waals surface area (Å²) in [5, 5.41) is 11.3. The Morgan fingerprint density at radius 1 is 1.30 bits per heavy atom. The van der Waals surface area contributed by atoms with Crippen LogP contribution in [0, 0.1) is 11.3 Å². The van der Waals surface area contributed by atoms with Crippen LogP contribution in [-0.2, 0) is 11.3 Å². The van der Waals surface area contributed by atoms with E-state index < -0.39 is 0 Å². The molecule has 0 saturated carbocycles. The van der Waals surface area contributed by atoms with Crippen molar-refractivity contribution in [1.82, 2.24) is 20.8 Å². The number of rotatable bonds is 5. The molecule has 1 aliphatic heterocycles. The highest BCUT2D eigenvalue weighted by molar-refractivity contribution is 14.0. The van der Waals surface area contributed by atoms with Crippen LogP contribution in [-0.4, -0.2) is 42.4 Å². The first-order valence-electron chi connectivity index (χ1n) is 10.0. The van der Waals surface area contributed by atoms with Gasteiger partial charge in [-0.2, -0.15) is 4.98 Å². The maximum atomic E-state index is 6.06. The molecule has 1 aromatic heterocycles. The second kappa shape index (κ2) is 11.3. The van der Waals surface area contributed by atoms with Crippen molar-refractivity contribution in [1.29, 1.82) is 0 Å². The maximum absolute atomic E-state index is 6.06. The van der Waals surface area contributed by atoms with Gasteiger partial charge in [-0.25, -0.2) is 0 Å².